The summed E-state index contributed by atoms with van der Waals surface area (Å²) in [4.78, 5) is 14.1. The number of hydrogen-bond acceptors (Lipinski definition) is 6. The summed E-state index contributed by atoms with van der Waals surface area (Å²) in [6.07, 6.45) is 2.25. The fraction of sp³-hybridized carbons (Fsp3) is 0.429. The van der Waals surface area contributed by atoms with Gasteiger partial charge in [-0.25, -0.2) is 9.97 Å². The molecule has 0 fully saturated rings. The molecule has 3 aromatic rings. The van der Waals surface area contributed by atoms with Gasteiger partial charge in [0.2, 0.25) is 5.95 Å². The highest BCUT2D eigenvalue weighted by Crippen LogP contribution is 2.39. The van der Waals surface area contributed by atoms with Gasteiger partial charge in [0, 0.05) is 29.9 Å². The van der Waals surface area contributed by atoms with Crippen LogP contribution >= 0.6 is 23.1 Å². The molecule has 0 aliphatic carbocycles. The fourth-order valence-electron chi connectivity index (χ4n) is 3.50. The molecule has 4 rings (SSSR count). The number of hydrogen-bond donors (Lipinski definition) is 1. The van der Waals surface area contributed by atoms with Gasteiger partial charge in [-0.15, -0.1) is 23.1 Å². The predicted molar refractivity (Wildman–Crippen MR) is 116 cm³/mol. The zero-order chi connectivity index (χ0) is 18.8. The van der Waals surface area contributed by atoms with E-state index < -0.39 is 0 Å². The second-order valence-electron chi connectivity index (χ2n) is 7.55. The molecular weight excluding hydrogens is 372 g/mol. The minimum absolute atomic E-state index is 0.397. The van der Waals surface area contributed by atoms with Crippen molar-refractivity contribution in [2.24, 2.45) is 5.92 Å². The van der Waals surface area contributed by atoms with Gasteiger partial charge in [0.1, 0.15) is 9.86 Å². The Hall–Kier alpha value is -1.63. The minimum atomic E-state index is 0.397. The summed E-state index contributed by atoms with van der Waals surface area (Å²) in [5.74, 6) is 2.18. The molecule has 1 aromatic carbocycles. The standard InChI is InChI=1S/C21H26N4S2/c1-14(2)9-11-26-19-18-16-8-10-25(12-15-6-4-3-5-7-15)13-17(16)27-20(18)24-21(22)23-19/h3-7,14H,8-13H2,1-2H3,(H2,22,23,24). The van der Waals surface area contributed by atoms with Crippen molar-refractivity contribution in [1.82, 2.24) is 14.9 Å². The van der Waals surface area contributed by atoms with Crippen molar-refractivity contribution in [3.63, 3.8) is 0 Å². The van der Waals surface area contributed by atoms with Crippen molar-refractivity contribution < 1.29 is 0 Å². The first-order valence-electron chi connectivity index (χ1n) is 9.57. The Morgan fingerprint density at radius 2 is 2.04 bits per heavy atom. The highest BCUT2D eigenvalue weighted by molar-refractivity contribution is 7.99. The van der Waals surface area contributed by atoms with Gasteiger partial charge < -0.3 is 5.73 Å². The molecule has 6 heteroatoms. The Morgan fingerprint density at radius 1 is 1.22 bits per heavy atom. The number of nitrogens with zero attached hydrogens (tertiary/aromatic N) is 3. The summed E-state index contributed by atoms with van der Waals surface area (Å²) in [6.45, 7) is 7.59. The number of thiophene rings is 1. The van der Waals surface area contributed by atoms with Crippen molar-refractivity contribution in [2.45, 2.75) is 44.8 Å². The second-order valence-corrected chi connectivity index (χ2v) is 9.72. The van der Waals surface area contributed by atoms with Crippen molar-refractivity contribution in [1.29, 1.82) is 0 Å². The lowest BCUT2D eigenvalue weighted by Crippen LogP contribution is -2.29. The van der Waals surface area contributed by atoms with Crippen LogP contribution in [0.15, 0.2) is 35.4 Å². The van der Waals surface area contributed by atoms with E-state index in [2.05, 4.69) is 59.0 Å². The third kappa shape index (κ3) is 4.28. The van der Waals surface area contributed by atoms with Gasteiger partial charge in [-0.2, -0.15) is 0 Å². The highest BCUT2D eigenvalue weighted by Gasteiger charge is 2.24. The van der Waals surface area contributed by atoms with Crippen LogP contribution in [-0.2, 0) is 19.5 Å². The maximum Gasteiger partial charge on any atom is 0.222 e. The molecule has 0 bridgehead atoms. The summed E-state index contributed by atoms with van der Waals surface area (Å²) in [6, 6.07) is 10.7. The average molecular weight is 399 g/mol. The summed E-state index contributed by atoms with van der Waals surface area (Å²) in [5.41, 5.74) is 8.83. The zero-order valence-electron chi connectivity index (χ0n) is 15.9. The van der Waals surface area contributed by atoms with Crippen molar-refractivity contribution in [3.8, 4) is 0 Å². The molecule has 0 unspecified atom stereocenters. The highest BCUT2D eigenvalue weighted by atomic mass is 32.2. The Morgan fingerprint density at radius 3 is 2.81 bits per heavy atom. The summed E-state index contributed by atoms with van der Waals surface area (Å²) in [7, 11) is 0. The van der Waals surface area contributed by atoms with E-state index in [0.717, 1.165) is 41.7 Å². The molecule has 0 saturated carbocycles. The molecule has 3 heterocycles. The van der Waals surface area contributed by atoms with E-state index in [1.54, 1.807) is 11.3 Å². The van der Waals surface area contributed by atoms with Crippen LogP contribution in [0.3, 0.4) is 0 Å². The normalized spacial score (nSPS) is 14.8. The lowest BCUT2D eigenvalue weighted by atomic mass is 10.0. The minimum Gasteiger partial charge on any atom is -0.368 e. The van der Waals surface area contributed by atoms with E-state index in [-0.39, 0.29) is 0 Å². The Balaban J connectivity index is 1.58. The topological polar surface area (TPSA) is 55.0 Å². The lowest BCUT2D eigenvalue weighted by Gasteiger charge is -2.27. The van der Waals surface area contributed by atoms with E-state index >= 15 is 0 Å². The molecule has 1 aliphatic heterocycles. The molecule has 142 valence electrons. The van der Waals surface area contributed by atoms with Crippen molar-refractivity contribution in [3.05, 3.63) is 46.3 Å². The number of anilines is 1. The number of thioether (sulfide) groups is 1. The summed E-state index contributed by atoms with van der Waals surface area (Å²) in [5, 5.41) is 2.34. The van der Waals surface area contributed by atoms with E-state index in [9.17, 15) is 0 Å². The van der Waals surface area contributed by atoms with Crippen LogP contribution in [0.1, 0.15) is 36.3 Å². The fourth-order valence-corrected chi connectivity index (χ4v) is 6.14. The molecular formula is C21H26N4S2. The molecule has 0 saturated heterocycles. The number of fused-ring (bicyclic) bond motifs is 3. The maximum atomic E-state index is 6.00. The van der Waals surface area contributed by atoms with E-state index in [1.165, 1.54) is 27.8 Å². The van der Waals surface area contributed by atoms with Crippen LogP contribution in [0.5, 0.6) is 0 Å². The maximum absolute atomic E-state index is 6.00. The van der Waals surface area contributed by atoms with Crippen LogP contribution in [0.4, 0.5) is 5.95 Å². The monoisotopic (exact) mass is 398 g/mol. The van der Waals surface area contributed by atoms with Gasteiger partial charge in [0.15, 0.2) is 0 Å². The largest absolute Gasteiger partial charge is 0.368 e. The van der Waals surface area contributed by atoms with Gasteiger partial charge >= 0.3 is 0 Å². The molecule has 1 aliphatic rings. The van der Waals surface area contributed by atoms with Crippen LogP contribution in [0.25, 0.3) is 10.2 Å². The zero-order valence-corrected chi connectivity index (χ0v) is 17.6. The summed E-state index contributed by atoms with van der Waals surface area (Å²) >= 11 is 3.63. The number of benzene rings is 1. The van der Waals surface area contributed by atoms with Crippen molar-refractivity contribution >= 4 is 39.3 Å². The molecule has 0 spiro atoms. The molecule has 0 radical (unpaired) electrons. The first-order valence-corrected chi connectivity index (χ1v) is 11.4. The second kappa shape index (κ2) is 8.17. The molecule has 2 aromatic heterocycles. The lowest BCUT2D eigenvalue weighted by molar-refractivity contribution is 0.249. The average Bonchev–Trinajstić information content (AvgIpc) is 2.99. The number of nitrogens with two attached hydrogens (primary N) is 1. The smallest absolute Gasteiger partial charge is 0.222 e. The van der Waals surface area contributed by atoms with E-state index in [0.29, 0.717) is 11.9 Å². The van der Waals surface area contributed by atoms with Gasteiger partial charge in [-0.1, -0.05) is 44.2 Å². The van der Waals surface area contributed by atoms with Gasteiger partial charge in [0.05, 0.1) is 0 Å². The quantitative estimate of drug-likeness (QED) is 0.469. The van der Waals surface area contributed by atoms with E-state index in [1.807, 2.05) is 11.8 Å². The van der Waals surface area contributed by atoms with Crippen LogP contribution in [-0.4, -0.2) is 27.2 Å². The van der Waals surface area contributed by atoms with Crippen molar-refractivity contribution in [2.75, 3.05) is 18.0 Å². The predicted octanol–water partition coefficient (Wildman–Crippen LogP) is 4.97. The Kier molecular flexibility index (Phi) is 5.66. The first-order chi connectivity index (χ1) is 13.1. The third-order valence-corrected chi connectivity index (χ3v) is 7.07. The molecule has 0 atom stereocenters. The van der Waals surface area contributed by atoms with Gasteiger partial charge in [-0.05, 0) is 35.6 Å². The van der Waals surface area contributed by atoms with Gasteiger partial charge in [-0.3, -0.25) is 4.90 Å². The van der Waals surface area contributed by atoms with E-state index in [4.69, 9.17) is 5.73 Å². The van der Waals surface area contributed by atoms with Crippen LogP contribution < -0.4 is 5.73 Å². The molecule has 4 nitrogen and oxygen atoms in total. The summed E-state index contributed by atoms with van der Waals surface area (Å²) < 4.78 is 0. The van der Waals surface area contributed by atoms with Crippen LogP contribution in [0.2, 0.25) is 0 Å². The number of nitrogen functional groups attached to an aromatic ring is 1. The molecule has 0 amide bonds. The SMILES string of the molecule is CC(C)CCSc1nc(N)nc2sc3c(c12)CCN(Cc1ccccc1)C3. The Bertz CT molecular complexity index is 921. The molecule has 2 N–H and O–H groups in total. The number of rotatable bonds is 6. The molecule has 27 heavy (non-hydrogen) atoms. The van der Waals surface area contributed by atoms with Crippen LogP contribution in [0, 0.1) is 5.92 Å². The number of aromatic nitrogens is 2. The van der Waals surface area contributed by atoms with Gasteiger partial charge in [0.25, 0.3) is 0 Å². The Labute approximate surface area is 169 Å². The third-order valence-electron chi connectivity index (χ3n) is 4.95. The first kappa shape index (κ1) is 18.7.